The second-order valence-corrected chi connectivity index (χ2v) is 7.02. The monoisotopic (exact) mass is 395 g/mol. The van der Waals surface area contributed by atoms with Crippen LogP contribution in [-0.4, -0.2) is 0 Å². The van der Waals surface area contributed by atoms with Crippen LogP contribution in [0.5, 0.6) is 0 Å². The molecule has 1 nitrogen and oxygen atoms in total. The first-order chi connectivity index (χ1) is 9.16. The zero-order valence-corrected chi connectivity index (χ0v) is 13.9. The molecular weight excluding hydrogens is 386 g/mol. The van der Waals surface area contributed by atoms with Gasteiger partial charge >= 0.3 is 0 Å². The first kappa shape index (κ1) is 13.3. The summed E-state index contributed by atoms with van der Waals surface area (Å²) < 4.78 is 3.34. The maximum Gasteiger partial charge on any atom is 0.0577 e. The van der Waals surface area contributed by atoms with Gasteiger partial charge in [-0.2, -0.15) is 0 Å². The Morgan fingerprint density at radius 2 is 1.84 bits per heavy atom. The van der Waals surface area contributed by atoms with Crippen LogP contribution >= 0.6 is 43.2 Å². The van der Waals surface area contributed by atoms with Crippen molar-refractivity contribution < 1.29 is 0 Å². The Morgan fingerprint density at radius 1 is 1.00 bits per heavy atom. The molecule has 0 aliphatic heterocycles. The zero-order valence-electron chi connectivity index (χ0n) is 9.94. The zero-order chi connectivity index (χ0) is 13.4. The van der Waals surface area contributed by atoms with E-state index in [1.165, 1.54) is 15.6 Å². The summed E-state index contributed by atoms with van der Waals surface area (Å²) in [4.78, 5) is 0. The number of hydrogen-bond donors (Lipinski definition) is 1. The summed E-state index contributed by atoms with van der Waals surface area (Å²) in [6.07, 6.45) is 0. The third kappa shape index (κ3) is 2.50. The predicted molar refractivity (Wildman–Crippen MR) is 89.7 cm³/mol. The van der Waals surface area contributed by atoms with Crippen molar-refractivity contribution in [3.63, 3.8) is 0 Å². The molecule has 2 N–H and O–H groups in total. The Hall–Kier alpha value is -0.680. The molecule has 1 unspecified atom stereocenters. The molecule has 0 amide bonds. The average Bonchev–Trinajstić information content (AvgIpc) is 2.86. The van der Waals surface area contributed by atoms with Gasteiger partial charge in [-0.05, 0) is 40.1 Å². The van der Waals surface area contributed by atoms with Crippen LogP contribution in [-0.2, 0) is 0 Å². The van der Waals surface area contributed by atoms with Crippen molar-refractivity contribution >= 4 is 53.3 Å². The van der Waals surface area contributed by atoms with Gasteiger partial charge in [-0.25, -0.2) is 0 Å². The lowest BCUT2D eigenvalue weighted by atomic mass is 9.99. The Bertz CT molecular complexity index is 736. The summed E-state index contributed by atoms with van der Waals surface area (Å²) >= 11 is 8.80. The van der Waals surface area contributed by atoms with Crippen molar-refractivity contribution in [2.24, 2.45) is 5.73 Å². The highest BCUT2D eigenvalue weighted by Crippen LogP contribution is 2.34. The van der Waals surface area contributed by atoms with Gasteiger partial charge in [-0.1, -0.05) is 56.1 Å². The number of fused-ring (bicyclic) bond motifs is 1. The van der Waals surface area contributed by atoms with Gasteiger partial charge in [-0.3, -0.25) is 0 Å². The number of benzene rings is 2. The molecule has 0 fully saturated rings. The Kier molecular flexibility index (Phi) is 3.76. The molecule has 1 aromatic heterocycles. The van der Waals surface area contributed by atoms with Gasteiger partial charge in [0.1, 0.15) is 0 Å². The summed E-state index contributed by atoms with van der Waals surface area (Å²) in [5.41, 5.74) is 8.73. The first-order valence-corrected chi connectivity index (χ1v) is 8.30. The van der Waals surface area contributed by atoms with E-state index in [-0.39, 0.29) is 6.04 Å². The van der Waals surface area contributed by atoms with Crippen molar-refractivity contribution in [1.29, 1.82) is 0 Å². The van der Waals surface area contributed by atoms with Gasteiger partial charge < -0.3 is 5.73 Å². The van der Waals surface area contributed by atoms with Gasteiger partial charge in [-0.15, -0.1) is 11.3 Å². The van der Waals surface area contributed by atoms with Crippen LogP contribution in [0.3, 0.4) is 0 Å². The molecule has 1 atom stereocenters. The van der Waals surface area contributed by atoms with Crippen molar-refractivity contribution in [3.8, 4) is 0 Å². The molecule has 0 bridgehead atoms. The van der Waals surface area contributed by atoms with E-state index >= 15 is 0 Å². The SMILES string of the molecule is NC(c1ccc(Br)cc1Br)c1cccc2ccsc12. The van der Waals surface area contributed by atoms with Crippen LogP contribution in [0.15, 0.2) is 56.8 Å². The van der Waals surface area contributed by atoms with Crippen LogP contribution in [0.2, 0.25) is 0 Å². The number of hydrogen-bond acceptors (Lipinski definition) is 2. The Labute approximate surface area is 132 Å². The molecule has 3 rings (SSSR count). The van der Waals surface area contributed by atoms with Crippen LogP contribution in [0.1, 0.15) is 17.2 Å². The summed E-state index contributed by atoms with van der Waals surface area (Å²) in [6.45, 7) is 0. The number of rotatable bonds is 2. The van der Waals surface area contributed by atoms with Crippen LogP contribution in [0.25, 0.3) is 10.1 Å². The first-order valence-electron chi connectivity index (χ1n) is 5.83. The Morgan fingerprint density at radius 3 is 2.63 bits per heavy atom. The second-order valence-electron chi connectivity index (χ2n) is 4.33. The molecule has 0 spiro atoms. The molecule has 19 heavy (non-hydrogen) atoms. The molecule has 0 saturated heterocycles. The molecule has 3 aromatic rings. The molecular formula is C15H11Br2NS. The standard InChI is InChI=1S/C15H11Br2NS/c16-10-4-5-11(13(17)8-10)14(18)12-3-1-2-9-6-7-19-15(9)12/h1-8,14H,18H2. The molecule has 96 valence electrons. The van der Waals surface area contributed by atoms with Crippen molar-refractivity contribution in [3.05, 3.63) is 67.9 Å². The fraction of sp³-hybridized carbons (Fsp3) is 0.0667. The third-order valence-electron chi connectivity index (χ3n) is 3.14. The molecule has 0 aliphatic carbocycles. The third-order valence-corrected chi connectivity index (χ3v) is 5.30. The minimum Gasteiger partial charge on any atom is -0.320 e. The van der Waals surface area contributed by atoms with Crippen molar-refractivity contribution in [1.82, 2.24) is 0 Å². The highest BCUT2D eigenvalue weighted by Gasteiger charge is 2.15. The lowest BCUT2D eigenvalue weighted by Crippen LogP contribution is -2.12. The van der Waals surface area contributed by atoms with E-state index in [9.17, 15) is 0 Å². The topological polar surface area (TPSA) is 26.0 Å². The molecule has 4 heteroatoms. The molecule has 1 heterocycles. The largest absolute Gasteiger partial charge is 0.320 e. The smallest absolute Gasteiger partial charge is 0.0577 e. The van der Waals surface area contributed by atoms with Crippen LogP contribution in [0.4, 0.5) is 0 Å². The lowest BCUT2D eigenvalue weighted by molar-refractivity contribution is 0.876. The lowest BCUT2D eigenvalue weighted by Gasteiger charge is -2.15. The second kappa shape index (κ2) is 5.37. The number of halogens is 2. The highest BCUT2D eigenvalue weighted by molar-refractivity contribution is 9.11. The van der Waals surface area contributed by atoms with Crippen LogP contribution < -0.4 is 5.73 Å². The summed E-state index contributed by atoms with van der Waals surface area (Å²) in [5.74, 6) is 0. The normalized spacial score (nSPS) is 12.8. The molecule has 0 radical (unpaired) electrons. The maximum absolute atomic E-state index is 6.45. The fourth-order valence-corrected chi connectivity index (χ4v) is 4.43. The summed E-state index contributed by atoms with van der Waals surface area (Å²) in [5, 5.41) is 3.36. The number of nitrogens with two attached hydrogens (primary N) is 1. The van der Waals surface area contributed by atoms with Gasteiger partial charge in [0.15, 0.2) is 0 Å². The van der Waals surface area contributed by atoms with E-state index in [4.69, 9.17) is 5.73 Å². The van der Waals surface area contributed by atoms with Gasteiger partial charge in [0.25, 0.3) is 0 Å². The van der Waals surface area contributed by atoms with E-state index in [0.717, 1.165) is 14.5 Å². The van der Waals surface area contributed by atoms with Gasteiger partial charge in [0.2, 0.25) is 0 Å². The minimum absolute atomic E-state index is 0.121. The molecule has 0 aliphatic rings. The minimum atomic E-state index is -0.121. The highest BCUT2D eigenvalue weighted by atomic mass is 79.9. The predicted octanol–water partition coefficient (Wildman–Crippen LogP) is 5.47. The van der Waals surface area contributed by atoms with E-state index < -0.39 is 0 Å². The average molecular weight is 397 g/mol. The van der Waals surface area contributed by atoms with Gasteiger partial charge in [0.05, 0.1) is 6.04 Å². The maximum atomic E-state index is 6.45. The summed E-state index contributed by atoms with van der Waals surface area (Å²) in [7, 11) is 0. The number of thiophene rings is 1. The van der Waals surface area contributed by atoms with E-state index in [1.807, 2.05) is 12.1 Å². The molecule has 2 aromatic carbocycles. The van der Waals surface area contributed by atoms with Crippen molar-refractivity contribution in [2.75, 3.05) is 0 Å². The van der Waals surface area contributed by atoms with E-state index in [2.05, 4.69) is 67.6 Å². The van der Waals surface area contributed by atoms with Crippen molar-refractivity contribution in [2.45, 2.75) is 6.04 Å². The van der Waals surface area contributed by atoms with E-state index in [0.29, 0.717) is 0 Å². The van der Waals surface area contributed by atoms with Crippen LogP contribution in [0, 0.1) is 0 Å². The van der Waals surface area contributed by atoms with Gasteiger partial charge in [0, 0.05) is 13.6 Å². The summed E-state index contributed by atoms with van der Waals surface area (Å²) in [6, 6.07) is 14.4. The fourth-order valence-electron chi connectivity index (χ4n) is 2.18. The quantitative estimate of drug-likeness (QED) is 0.610. The van der Waals surface area contributed by atoms with E-state index in [1.54, 1.807) is 11.3 Å². The molecule has 0 saturated carbocycles. The Balaban J connectivity index is 2.13.